The Labute approximate surface area is 156 Å². The topological polar surface area (TPSA) is 41.6 Å². The molecule has 0 radical (unpaired) electrons. The van der Waals surface area contributed by atoms with E-state index < -0.39 is 0 Å². The molecule has 1 aliphatic rings. The average Bonchev–Trinajstić information content (AvgIpc) is 2.68. The molecule has 1 saturated heterocycles. The molecule has 1 amide bonds. The number of hydrogen-bond acceptors (Lipinski definition) is 3. The van der Waals surface area contributed by atoms with Gasteiger partial charge in [-0.15, -0.1) is 0 Å². The zero-order chi connectivity index (χ0) is 18.2. The number of carbonyl (C=O) groups is 1. The fraction of sp³-hybridized carbons (Fsp3) is 0.409. The van der Waals surface area contributed by atoms with Gasteiger partial charge in [0.15, 0.2) is 6.61 Å². The maximum Gasteiger partial charge on any atom is 0.258 e. The van der Waals surface area contributed by atoms with Crippen LogP contribution in [0.4, 0.5) is 0 Å². The van der Waals surface area contributed by atoms with E-state index in [1.165, 1.54) is 49.0 Å². The monoisotopic (exact) mass is 352 g/mol. The van der Waals surface area contributed by atoms with Crippen molar-refractivity contribution in [3.05, 3.63) is 65.2 Å². The minimum Gasteiger partial charge on any atom is -0.484 e. The normalized spacial score (nSPS) is 14.8. The number of carbonyl (C=O) groups excluding carboxylic acids is 1. The van der Waals surface area contributed by atoms with Crippen LogP contribution in [0.5, 0.6) is 5.75 Å². The second-order valence-corrected chi connectivity index (χ2v) is 6.98. The maximum atomic E-state index is 12.1. The number of nitrogens with zero attached hydrogens (tertiary/aromatic N) is 1. The van der Waals surface area contributed by atoms with Gasteiger partial charge >= 0.3 is 0 Å². The summed E-state index contributed by atoms with van der Waals surface area (Å²) in [7, 11) is 0. The van der Waals surface area contributed by atoms with Gasteiger partial charge in [0.1, 0.15) is 5.75 Å². The molecule has 1 N–H and O–H groups in total. The smallest absolute Gasteiger partial charge is 0.258 e. The lowest BCUT2D eigenvalue weighted by Gasteiger charge is -2.27. The number of benzene rings is 2. The molecule has 0 aromatic heterocycles. The number of likely N-dealkylation sites (tertiary alicyclic amines) is 1. The molecular formula is C22H28N2O2. The Morgan fingerprint density at radius 1 is 1.00 bits per heavy atom. The van der Waals surface area contributed by atoms with Crippen molar-refractivity contribution < 1.29 is 9.53 Å². The van der Waals surface area contributed by atoms with E-state index in [1.807, 2.05) is 37.3 Å². The van der Waals surface area contributed by atoms with Crippen LogP contribution in [-0.2, 0) is 17.9 Å². The van der Waals surface area contributed by atoms with Gasteiger partial charge in [-0.1, -0.05) is 48.4 Å². The highest BCUT2D eigenvalue weighted by Gasteiger charge is 2.12. The number of rotatable bonds is 7. The second kappa shape index (κ2) is 9.39. The Bertz CT molecular complexity index is 706. The van der Waals surface area contributed by atoms with Gasteiger partial charge in [-0.3, -0.25) is 9.69 Å². The Kier molecular flexibility index (Phi) is 6.67. The van der Waals surface area contributed by atoms with Gasteiger partial charge in [-0.2, -0.15) is 0 Å². The Morgan fingerprint density at radius 3 is 2.42 bits per heavy atom. The third-order valence-corrected chi connectivity index (χ3v) is 4.83. The first-order chi connectivity index (χ1) is 12.7. The first-order valence-electron chi connectivity index (χ1n) is 9.46. The van der Waals surface area contributed by atoms with Crippen LogP contribution in [0.2, 0.25) is 0 Å². The summed E-state index contributed by atoms with van der Waals surface area (Å²) < 4.78 is 5.54. The van der Waals surface area contributed by atoms with Crippen molar-refractivity contribution in [2.75, 3.05) is 19.7 Å². The molecule has 26 heavy (non-hydrogen) atoms. The summed E-state index contributed by atoms with van der Waals surface area (Å²) in [5.41, 5.74) is 3.66. The summed E-state index contributed by atoms with van der Waals surface area (Å²) in [5, 5.41) is 2.98. The molecule has 0 unspecified atom stereocenters. The molecular weight excluding hydrogens is 324 g/mol. The zero-order valence-corrected chi connectivity index (χ0v) is 15.5. The van der Waals surface area contributed by atoms with Crippen LogP contribution in [-0.4, -0.2) is 30.5 Å². The van der Waals surface area contributed by atoms with Crippen LogP contribution < -0.4 is 10.1 Å². The first-order valence-corrected chi connectivity index (χ1v) is 9.46. The van der Waals surface area contributed by atoms with Crippen molar-refractivity contribution in [3.8, 4) is 5.75 Å². The van der Waals surface area contributed by atoms with Gasteiger partial charge in [-0.05, 0) is 56.1 Å². The molecule has 4 heteroatoms. The predicted molar refractivity (Wildman–Crippen MR) is 104 cm³/mol. The largest absolute Gasteiger partial charge is 0.484 e. The Morgan fingerprint density at radius 2 is 1.69 bits per heavy atom. The highest BCUT2D eigenvalue weighted by atomic mass is 16.5. The molecule has 3 rings (SSSR count). The quantitative estimate of drug-likeness (QED) is 0.826. The van der Waals surface area contributed by atoms with Gasteiger partial charge in [0.05, 0.1) is 0 Å². The molecule has 4 nitrogen and oxygen atoms in total. The van der Waals surface area contributed by atoms with Crippen LogP contribution >= 0.6 is 0 Å². The summed E-state index contributed by atoms with van der Waals surface area (Å²) in [6.07, 6.45) is 3.92. The van der Waals surface area contributed by atoms with E-state index in [2.05, 4.69) is 28.4 Å². The van der Waals surface area contributed by atoms with E-state index in [1.54, 1.807) is 0 Å². The molecule has 0 spiro atoms. The average molecular weight is 352 g/mol. The molecule has 1 aliphatic heterocycles. The summed E-state index contributed by atoms with van der Waals surface area (Å²) >= 11 is 0. The van der Waals surface area contributed by atoms with Crippen molar-refractivity contribution in [2.24, 2.45) is 0 Å². The molecule has 1 fully saturated rings. The van der Waals surface area contributed by atoms with Gasteiger partial charge in [-0.25, -0.2) is 0 Å². The summed E-state index contributed by atoms with van der Waals surface area (Å²) in [6, 6.07) is 16.1. The molecule has 0 atom stereocenters. The minimum absolute atomic E-state index is 0.0390. The summed E-state index contributed by atoms with van der Waals surface area (Å²) in [6.45, 7) is 5.91. The molecule has 0 aliphatic carbocycles. The molecule has 2 aromatic rings. The van der Waals surface area contributed by atoms with E-state index in [-0.39, 0.29) is 12.5 Å². The lowest BCUT2D eigenvalue weighted by atomic mass is 10.0. The number of piperidine rings is 1. The zero-order valence-electron chi connectivity index (χ0n) is 15.5. The highest BCUT2D eigenvalue weighted by Crippen LogP contribution is 2.16. The SMILES string of the molecule is Cc1ccc(OCC(=O)NCc2ccccc2CN2CCCCC2)cc1. The van der Waals surface area contributed by atoms with Crippen LogP contribution in [0.15, 0.2) is 48.5 Å². The van der Waals surface area contributed by atoms with Crippen LogP contribution in [0, 0.1) is 6.92 Å². The number of aryl methyl sites for hydroxylation is 1. The van der Waals surface area contributed by atoms with Gasteiger partial charge in [0.2, 0.25) is 0 Å². The second-order valence-electron chi connectivity index (χ2n) is 6.98. The number of amides is 1. The minimum atomic E-state index is -0.0987. The lowest BCUT2D eigenvalue weighted by Crippen LogP contribution is -2.31. The molecule has 0 saturated carbocycles. The number of ether oxygens (including phenoxy) is 1. The van der Waals surface area contributed by atoms with Crippen LogP contribution in [0.1, 0.15) is 36.0 Å². The Balaban J connectivity index is 1.49. The van der Waals surface area contributed by atoms with Crippen LogP contribution in [0.3, 0.4) is 0 Å². The third kappa shape index (κ3) is 5.60. The van der Waals surface area contributed by atoms with Crippen molar-refractivity contribution in [1.29, 1.82) is 0 Å². The lowest BCUT2D eigenvalue weighted by molar-refractivity contribution is -0.123. The molecule has 138 valence electrons. The first kappa shape index (κ1) is 18.5. The van der Waals surface area contributed by atoms with E-state index in [4.69, 9.17) is 4.74 Å². The fourth-order valence-corrected chi connectivity index (χ4v) is 3.27. The summed E-state index contributed by atoms with van der Waals surface area (Å²) in [4.78, 5) is 14.6. The van der Waals surface area contributed by atoms with Gasteiger partial charge in [0, 0.05) is 13.1 Å². The van der Waals surface area contributed by atoms with Crippen molar-refractivity contribution in [3.63, 3.8) is 0 Å². The molecule has 1 heterocycles. The maximum absolute atomic E-state index is 12.1. The molecule has 2 aromatic carbocycles. The predicted octanol–water partition coefficient (Wildman–Crippen LogP) is 3.68. The number of hydrogen-bond donors (Lipinski definition) is 1. The van der Waals surface area contributed by atoms with E-state index >= 15 is 0 Å². The van der Waals surface area contributed by atoms with E-state index in [0.717, 1.165) is 12.3 Å². The van der Waals surface area contributed by atoms with Crippen molar-refractivity contribution >= 4 is 5.91 Å². The van der Waals surface area contributed by atoms with Crippen molar-refractivity contribution in [1.82, 2.24) is 10.2 Å². The summed E-state index contributed by atoms with van der Waals surface area (Å²) in [5.74, 6) is 0.620. The van der Waals surface area contributed by atoms with E-state index in [0.29, 0.717) is 6.54 Å². The van der Waals surface area contributed by atoms with Gasteiger partial charge < -0.3 is 10.1 Å². The molecule has 0 bridgehead atoms. The van der Waals surface area contributed by atoms with Crippen LogP contribution in [0.25, 0.3) is 0 Å². The number of nitrogens with one attached hydrogen (secondary N) is 1. The van der Waals surface area contributed by atoms with Crippen molar-refractivity contribution in [2.45, 2.75) is 39.3 Å². The van der Waals surface area contributed by atoms with E-state index in [9.17, 15) is 4.79 Å². The highest BCUT2D eigenvalue weighted by molar-refractivity contribution is 5.77. The fourth-order valence-electron chi connectivity index (χ4n) is 3.27. The van der Waals surface area contributed by atoms with Gasteiger partial charge in [0.25, 0.3) is 5.91 Å². The Hall–Kier alpha value is -2.33. The third-order valence-electron chi connectivity index (χ3n) is 4.83. The standard InChI is InChI=1S/C22H28N2O2/c1-18-9-11-21(12-10-18)26-17-22(25)23-15-19-7-3-4-8-20(19)16-24-13-5-2-6-14-24/h3-4,7-12H,2,5-6,13-17H2,1H3,(H,23,25).